The summed E-state index contributed by atoms with van der Waals surface area (Å²) in [5, 5.41) is 0.888. The van der Waals surface area contributed by atoms with Gasteiger partial charge < -0.3 is 4.98 Å². The molecule has 0 aliphatic heterocycles. The largest absolute Gasteiger partial charge is 0.327 e. The fraction of sp³-hybridized carbons (Fsp3) is 0.111. The Kier molecular flexibility index (Phi) is 1.43. The molecular weight excluding hydrogens is 152 g/mol. The Hall–Kier alpha value is -1.64. The quantitative estimate of drug-likeness (QED) is 0.630. The molecule has 12 heavy (non-hydrogen) atoms. The van der Waals surface area contributed by atoms with E-state index in [1.54, 1.807) is 18.5 Å². The Labute approximate surface area is 69.1 Å². The number of pyridine rings is 2. The van der Waals surface area contributed by atoms with Crippen LogP contribution in [0.5, 0.6) is 0 Å². The van der Waals surface area contributed by atoms with Crippen molar-refractivity contribution >= 4 is 10.9 Å². The fourth-order valence-corrected chi connectivity index (χ4v) is 1.16. The molecule has 60 valence electrons. The maximum atomic E-state index is 10.9. The topological polar surface area (TPSA) is 45.8 Å². The first-order valence-electron chi connectivity index (χ1n) is 3.71. The van der Waals surface area contributed by atoms with Gasteiger partial charge in [0.15, 0.2) is 0 Å². The average molecular weight is 160 g/mol. The van der Waals surface area contributed by atoms with Gasteiger partial charge in [0.2, 0.25) is 5.56 Å². The summed E-state index contributed by atoms with van der Waals surface area (Å²) in [6.07, 6.45) is 3.40. The first-order valence-corrected chi connectivity index (χ1v) is 3.71. The van der Waals surface area contributed by atoms with Crippen molar-refractivity contribution in [2.24, 2.45) is 0 Å². The molecule has 0 aromatic carbocycles. The molecule has 2 rings (SSSR count). The van der Waals surface area contributed by atoms with Gasteiger partial charge in [0.25, 0.3) is 0 Å². The lowest BCUT2D eigenvalue weighted by atomic mass is 10.2. The number of aromatic nitrogens is 2. The van der Waals surface area contributed by atoms with Gasteiger partial charge in [0.1, 0.15) is 0 Å². The van der Waals surface area contributed by atoms with Crippen LogP contribution in [0, 0.1) is 6.92 Å². The lowest BCUT2D eigenvalue weighted by Crippen LogP contribution is -2.02. The minimum Gasteiger partial charge on any atom is -0.327 e. The standard InChI is InChI=1S/C9H8N2O/c1-6-2-7-3-9(12)11-5-8(7)10-4-6/h2-5H,1H3,(H,11,12). The van der Waals surface area contributed by atoms with Gasteiger partial charge in [-0.3, -0.25) is 9.78 Å². The Bertz CT molecular complexity index is 473. The zero-order valence-electron chi connectivity index (χ0n) is 6.66. The molecule has 2 heterocycles. The molecule has 2 aromatic heterocycles. The molecule has 0 saturated carbocycles. The number of aromatic amines is 1. The van der Waals surface area contributed by atoms with E-state index in [0.29, 0.717) is 0 Å². The highest BCUT2D eigenvalue weighted by molar-refractivity contribution is 5.77. The average Bonchev–Trinajstić information content (AvgIpc) is 2.03. The molecule has 0 fully saturated rings. The van der Waals surface area contributed by atoms with Crippen molar-refractivity contribution in [1.82, 2.24) is 9.97 Å². The van der Waals surface area contributed by atoms with Gasteiger partial charge >= 0.3 is 0 Å². The van der Waals surface area contributed by atoms with Crippen LogP contribution in [0.1, 0.15) is 5.56 Å². The van der Waals surface area contributed by atoms with Crippen LogP contribution in [-0.4, -0.2) is 9.97 Å². The van der Waals surface area contributed by atoms with Crippen LogP contribution < -0.4 is 5.56 Å². The maximum Gasteiger partial charge on any atom is 0.248 e. The number of hydrogen-bond acceptors (Lipinski definition) is 2. The van der Waals surface area contributed by atoms with Crippen LogP contribution in [0.15, 0.2) is 29.3 Å². The van der Waals surface area contributed by atoms with E-state index in [1.165, 1.54) is 0 Å². The molecule has 0 amide bonds. The zero-order chi connectivity index (χ0) is 8.55. The second-order valence-corrected chi connectivity index (χ2v) is 2.78. The highest BCUT2D eigenvalue weighted by Gasteiger charge is 1.94. The minimum atomic E-state index is -0.0881. The van der Waals surface area contributed by atoms with Gasteiger partial charge in [-0.15, -0.1) is 0 Å². The summed E-state index contributed by atoms with van der Waals surface area (Å²) in [5.74, 6) is 0. The van der Waals surface area contributed by atoms with E-state index < -0.39 is 0 Å². The first-order chi connectivity index (χ1) is 5.75. The van der Waals surface area contributed by atoms with Crippen molar-refractivity contribution < 1.29 is 0 Å². The van der Waals surface area contributed by atoms with Crippen molar-refractivity contribution in [3.8, 4) is 0 Å². The highest BCUT2D eigenvalue weighted by atomic mass is 16.1. The molecule has 0 bridgehead atoms. The van der Waals surface area contributed by atoms with E-state index in [0.717, 1.165) is 16.5 Å². The van der Waals surface area contributed by atoms with E-state index in [4.69, 9.17) is 0 Å². The predicted octanol–water partition coefficient (Wildman–Crippen LogP) is 1.23. The molecule has 0 aliphatic rings. The summed E-state index contributed by atoms with van der Waals surface area (Å²) in [7, 11) is 0. The third-order valence-electron chi connectivity index (χ3n) is 1.72. The second kappa shape index (κ2) is 2.44. The van der Waals surface area contributed by atoms with E-state index in [-0.39, 0.29) is 5.56 Å². The zero-order valence-corrected chi connectivity index (χ0v) is 6.66. The van der Waals surface area contributed by atoms with Crippen LogP contribution in [0.4, 0.5) is 0 Å². The molecule has 1 N–H and O–H groups in total. The van der Waals surface area contributed by atoms with E-state index >= 15 is 0 Å². The smallest absolute Gasteiger partial charge is 0.248 e. The Morgan fingerprint density at radius 2 is 2.25 bits per heavy atom. The number of rotatable bonds is 0. The summed E-state index contributed by atoms with van der Waals surface area (Å²) in [6, 6.07) is 3.49. The number of nitrogens with zero attached hydrogens (tertiary/aromatic N) is 1. The molecule has 2 aromatic rings. The third-order valence-corrected chi connectivity index (χ3v) is 1.72. The third kappa shape index (κ3) is 1.09. The summed E-state index contributed by atoms with van der Waals surface area (Å²) >= 11 is 0. The SMILES string of the molecule is Cc1cnc2c[nH]c(=O)cc2c1. The van der Waals surface area contributed by atoms with Gasteiger partial charge in [0, 0.05) is 23.8 Å². The van der Waals surface area contributed by atoms with Crippen molar-refractivity contribution in [3.05, 3.63) is 40.4 Å². The number of hydrogen-bond donors (Lipinski definition) is 1. The van der Waals surface area contributed by atoms with Gasteiger partial charge in [-0.2, -0.15) is 0 Å². The van der Waals surface area contributed by atoms with E-state index in [9.17, 15) is 4.79 Å². The number of fused-ring (bicyclic) bond motifs is 1. The Morgan fingerprint density at radius 3 is 3.08 bits per heavy atom. The van der Waals surface area contributed by atoms with Crippen molar-refractivity contribution in [1.29, 1.82) is 0 Å². The summed E-state index contributed by atoms with van der Waals surface area (Å²) in [6.45, 7) is 1.95. The summed E-state index contributed by atoms with van der Waals surface area (Å²) in [4.78, 5) is 17.6. The van der Waals surface area contributed by atoms with Crippen molar-refractivity contribution in [2.75, 3.05) is 0 Å². The molecule has 0 spiro atoms. The van der Waals surface area contributed by atoms with Gasteiger partial charge in [0.05, 0.1) is 5.52 Å². The lowest BCUT2D eigenvalue weighted by molar-refractivity contribution is 1.23. The fourth-order valence-electron chi connectivity index (χ4n) is 1.16. The van der Waals surface area contributed by atoms with Crippen LogP contribution in [-0.2, 0) is 0 Å². The summed E-state index contributed by atoms with van der Waals surface area (Å²) < 4.78 is 0. The molecule has 0 unspecified atom stereocenters. The normalized spacial score (nSPS) is 10.4. The van der Waals surface area contributed by atoms with Gasteiger partial charge in [-0.1, -0.05) is 0 Å². The van der Waals surface area contributed by atoms with Crippen LogP contribution in [0.25, 0.3) is 10.9 Å². The highest BCUT2D eigenvalue weighted by Crippen LogP contribution is 2.08. The van der Waals surface area contributed by atoms with Crippen LogP contribution >= 0.6 is 0 Å². The first kappa shape index (κ1) is 7.03. The van der Waals surface area contributed by atoms with Crippen molar-refractivity contribution in [3.63, 3.8) is 0 Å². The molecule has 3 heteroatoms. The molecular formula is C9H8N2O. The molecule has 0 aliphatic carbocycles. The molecule has 0 atom stereocenters. The monoisotopic (exact) mass is 160 g/mol. The number of H-pyrrole nitrogens is 1. The molecule has 0 radical (unpaired) electrons. The number of aryl methyl sites for hydroxylation is 1. The number of nitrogens with one attached hydrogen (secondary N) is 1. The van der Waals surface area contributed by atoms with Crippen LogP contribution in [0.2, 0.25) is 0 Å². The van der Waals surface area contributed by atoms with Crippen molar-refractivity contribution in [2.45, 2.75) is 6.92 Å². The minimum absolute atomic E-state index is 0.0881. The maximum absolute atomic E-state index is 10.9. The second-order valence-electron chi connectivity index (χ2n) is 2.78. The lowest BCUT2D eigenvalue weighted by Gasteiger charge is -1.95. The Morgan fingerprint density at radius 1 is 1.42 bits per heavy atom. The predicted molar refractivity (Wildman–Crippen MR) is 47.1 cm³/mol. The Balaban J connectivity index is 2.89. The molecule has 0 saturated heterocycles. The van der Waals surface area contributed by atoms with Gasteiger partial charge in [-0.25, -0.2) is 0 Å². The molecule has 3 nitrogen and oxygen atoms in total. The van der Waals surface area contributed by atoms with Gasteiger partial charge in [-0.05, 0) is 18.6 Å². The van der Waals surface area contributed by atoms with Crippen LogP contribution in [0.3, 0.4) is 0 Å². The van der Waals surface area contributed by atoms with E-state index in [2.05, 4.69) is 9.97 Å². The van der Waals surface area contributed by atoms with E-state index in [1.807, 2.05) is 13.0 Å². The summed E-state index contributed by atoms with van der Waals surface area (Å²) in [5.41, 5.74) is 1.79.